The summed E-state index contributed by atoms with van der Waals surface area (Å²) in [5.41, 5.74) is 28.2. The van der Waals surface area contributed by atoms with Crippen LogP contribution in [-0.4, -0.2) is 5.66 Å². The zero-order valence-electron chi connectivity index (χ0n) is 16.0. The van der Waals surface area contributed by atoms with E-state index in [4.69, 9.17) is 22.9 Å². The fourth-order valence-electron chi connectivity index (χ4n) is 3.41. The molecule has 0 bridgehead atoms. The molecule has 2 aromatic carbocycles. The molecule has 4 heteroatoms. The zero-order chi connectivity index (χ0) is 19.0. The summed E-state index contributed by atoms with van der Waals surface area (Å²) in [4.78, 5) is 0. The topological polar surface area (TPSA) is 104 Å². The Hall–Kier alpha value is -2.04. The van der Waals surface area contributed by atoms with Crippen molar-refractivity contribution in [1.29, 1.82) is 0 Å². The Balaban J connectivity index is 1.97. The van der Waals surface area contributed by atoms with Crippen LogP contribution in [0.4, 0.5) is 11.4 Å². The Kier molecular flexibility index (Phi) is 7.49. The van der Waals surface area contributed by atoms with Gasteiger partial charge in [-0.2, -0.15) is 0 Å². The lowest BCUT2D eigenvalue weighted by molar-refractivity contribution is 0.227. The Bertz CT molecular complexity index is 647. The molecular formula is C22H34N4. The molecule has 0 fully saturated rings. The van der Waals surface area contributed by atoms with Gasteiger partial charge in [-0.1, -0.05) is 44.0 Å². The van der Waals surface area contributed by atoms with E-state index in [1.54, 1.807) is 0 Å². The number of nitrogen functional groups attached to an aromatic ring is 2. The molecule has 4 nitrogen and oxygen atoms in total. The highest BCUT2D eigenvalue weighted by Crippen LogP contribution is 2.27. The highest BCUT2D eigenvalue weighted by atomic mass is 15.0. The first-order valence-corrected chi connectivity index (χ1v) is 9.67. The van der Waals surface area contributed by atoms with Gasteiger partial charge < -0.3 is 22.9 Å². The van der Waals surface area contributed by atoms with Crippen LogP contribution in [0.1, 0.15) is 50.2 Å². The summed E-state index contributed by atoms with van der Waals surface area (Å²) in [5, 5.41) is 0. The van der Waals surface area contributed by atoms with Gasteiger partial charge in [-0.25, -0.2) is 0 Å². The van der Waals surface area contributed by atoms with Crippen molar-refractivity contribution in [2.45, 2.75) is 57.5 Å². The maximum Gasteiger partial charge on any atom is 0.0668 e. The molecule has 0 aliphatic carbocycles. The van der Waals surface area contributed by atoms with Gasteiger partial charge in [0.05, 0.1) is 5.66 Å². The number of unbranched alkanes of at least 4 members (excludes halogenated alkanes) is 1. The van der Waals surface area contributed by atoms with Crippen molar-refractivity contribution >= 4 is 11.4 Å². The van der Waals surface area contributed by atoms with Gasteiger partial charge in [0.25, 0.3) is 0 Å². The first-order valence-electron chi connectivity index (χ1n) is 9.67. The number of hydrogen-bond donors (Lipinski definition) is 4. The van der Waals surface area contributed by atoms with Crippen LogP contribution in [0.15, 0.2) is 48.5 Å². The van der Waals surface area contributed by atoms with E-state index in [0.717, 1.165) is 56.3 Å². The third-order valence-corrected chi connectivity index (χ3v) is 5.25. The number of anilines is 2. The number of rotatable bonds is 10. The average Bonchev–Trinajstić information content (AvgIpc) is 2.62. The quantitative estimate of drug-likeness (QED) is 0.384. The second-order valence-corrected chi connectivity index (χ2v) is 7.47. The molecule has 0 heterocycles. The highest BCUT2D eigenvalue weighted by molar-refractivity contribution is 5.40. The minimum Gasteiger partial charge on any atom is -0.399 e. The number of aryl methyl sites for hydroxylation is 2. The van der Waals surface area contributed by atoms with Crippen molar-refractivity contribution in [2.75, 3.05) is 11.5 Å². The summed E-state index contributed by atoms with van der Waals surface area (Å²) in [5.74, 6) is 0.300. The van der Waals surface area contributed by atoms with Gasteiger partial charge in [0.2, 0.25) is 0 Å². The third-order valence-electron chi connectivity index (χ3n) is 5.25. The van der Waals surface area contributed by atoms with Crippen molar-refractivity contribution in [1.82, 2.24) is 0 Å². The van der Waals surface area contributed by atoms with Gasteiger partial charge in [-0.15, -0.1) is 0 Å². The summed E-state index contributed by atoms with van der Waals surface area (Å²) in [6.07, 6.45) is 7.01. The monoisotopic (exact) mass is 354 g/mol. The van der Waals surface area contributed by atoms with Crippen LogP contribution in [0.25, 0.3) is 0 Å². The number of hydrogen-bond acceptors (Lipinski definition) is 4. The zero-order valence-corrected chi connectivity index (χ0v) is 16.0. The second kappa shape index (κ2) is 9.60. The second-order valence-electron chi connectivity index (χ2n) is 7.47. The lowest BCUT2D eigenvalue weighted by atomic mass is 9.81. The first kappa shape index (κ1) is 20.3. The van der Waals surface area contributed by atoms with Crippen LogP contribution in [0.5, 0.6) is 0 Å². The lowest BCUT2D eigenvalue weighted by Gasteiger charge is -2.34. The van der Waals surface area contributed by atoms with Crippen LogP contribution < -0.4 is 22.9 Å². The van der Waals surface area contributed by atoms with E-state index in [9.17, 15) is 0 Å². The first-order chi connectivity index (χ1) is 12.4. The molecule has 0 radical (unpaired) electrons. The van der Waals surface area contributed by atoms with E-state index in [1.165, 1.54) is 11.1 Å². The molecule has 0 saturated carbocycles. The predicted molar refractivity (Wildman–Crippen MR) is 112 cm³/mol. The Morgan fingerprint density at radius 1 is 0.769 bits per heavy atom. The van der Waals surface area contributed by atoms with Crippen LogP contribution >= 0.6 is 0 Å². The van der Waals surface area contributed by atoms with Crippen LogP contribution in [0, 0.1) is 5.92 Å². The van der Waals surface area contributed by atoms with Crippen molar-refractivity contribution < 1.29 is 0 Å². The summed E-state index contributed by atoms with van der Waals surface area (Å²) in [6.45, 7) is 2.21. The SMILES string of the molecule is CCCCC(CCc1ccc(N)cc1)C(N)(N)CCc1ccc(N)cc1. The smallest absolute Gasteiger partial charge is 0.0668 e. The van der Waals surface area contributed by atoms with E-state index in [-0.39, 0.29) is 0 Å². The normalized spacial score (nSPS) is 12.9. The molecule has 26 heavy (non-hydrogen) atoms. The van der Waals surface area contributed by atoms with Gasteiger partial charge in [0, 0.05) is 11.4 Å². The Morgan fingerprint density at radius 2 is 1.27 bits per heavy atom. The molecule has 0 saturated heterocycles. The van der Waals surface area contributed by atoms with Crippen molar-refractivity contribution in [3.05, 3.63) is 59.7 Å². The maximum absolute atomic E-state index is 6.60. The molecule has 0 amide bonds. The van der Waals surface area contributed by atoms with Crippen LogP contribution in [0.2, 0.25) is 0 Å². The molecule has 1 atom stereocenters. The molecule has 0 aliphatic heterocycles. The van der Waals surface area contributed by atoms with E-state index >= 15 is 0 Å². The Morgan fingerprint density at radius 3 is 1.77 bits per heavy atom. The minimum absolute atomic E-state index is 0.300. The van der Waals surface area contributed by atoms with Gasteiger partial charge >= 0.3 is 0 Å². The minimum atomic E-state index is -0.662. The molecular weight excluding hydrogens is 320 g/mol. The number of benzene rings is 2. The average molecular weight is 355 g/mol. The Labute approximate surface area is 157 Å². The summed E-state index contributed by atoms with van der Waals surface area (Å²) < 4.78 is 0. The summed E-state index contributed by atoms with van der Waals surface area (Å²) in [7, 11) is 0. The van der Waals surface area contributed by atoms with Crippen LogP contribution in [0.3, 0.4) is 0 Å². The molecule has 0 aromatic heterocycles. The summed E-state index contributed by atoms with van der Waals surface area (Å²) >= 11 is 0. The molecule has 0 aliphatic rings. The molecule has 8 N–H and O–H groups in total. The van der Waals surface area contributed by atoms with Gasteiger partial charge in [-0.05, 0) is 73.4 Å². The molecule has 142 valence electrons. The molecule has 0 spiro atoms. The van der Waals surface area contributed by atoms with E-state index in [1.807, 2.05) is 24.3 Å². The lowest BCUT2D eigenvalue weighted by Crippen LogP contribution is -2.56. The largest absolute Gasteiger partial charge is 0.399 e. The van der Waals surface area contributed by atoms with Crippen molar-refractivity contribution in [2.24, 2.45) is 17.4 Å². The van der Waals surface area contributed by atoms with E-state index in [0.29, 0.717) is 5.92 Å². The van der Waals surface area contributed by atoms with Gasteiger partial charge in [0.1, 0.15) is 0 Å². The standard InChI is InChI=1S/C22H34N4/c1-2-3-4-19(10-5-17-6-11-20(23)12-7-17)22(25,26)16-15-18-8-13-21(24)14-9-18/h6-9,11-14,19H,2-5,10,15-16,23-26H2,1H3. The fraction of sp³-hybridized carbons (Fsp3) is 0.455. The van der Waals surface area contributed by atoms with Crippen molar-refractivity contribution in [3.8, 4) is 0 Å². The molecule has 2 rings (SSSR count). The van der Waals surface area contributed by atoms with E-state index < -0.39 is 5.66 Å². The maximum atomic E-state index is 6.60. The molecule has 2 aromatic rings. The van der Waals surface area contributed by atoms with Gasteiger partial charge in [0.15, 0.2) is 0 Å². The highest BCUT2D eigenvalue weighted by Gasteiger charge is 2.29. The number of nitrogens with two attached hydrogens (primary N) is 4. The van der Waals surface area contributed by atoms with Gasteiger partial charge in [-0.3, -0.25) is 0 Å². The molecule has 1 unspecified atom stereocenters. The van der Waals surface area contributed by atoms with Crippen molar-refractivity contribution in [3.63, 3.8) is 0 Å². The van der Waals surface area contributed by atoms with E-state index in [2.05, 4.69) is 31.2 Å². The third kappa shape index (κ3) is 6.36. The fourth-order valence-corrected chi connectivity index (χ4v) is 3.41. The summed E-state index contributed by atoms with van der Waals surface area (Å²) in [6, 6.07) is 16.1. The van der Waals surface area contributed by atoms with Crippen LogP contribution in [-0.2, 0) is 12.8 Å². The predicted octanol–water partition coefficient (Wildman–Crippen LogP) is 3.84.